The number of aliphatic imine (C=N–C) groups is 1. The molecule has 0 bridgehead atoms. The molecule has 1 aromatic rings. The van der Waals surface area contributed by atoms with Gasteiger partial charge in [-0.1, -0.05) is 49.4 Å². The van der Waals surface area contributed by atoms with Gasteiger partial charge in [-0.05, 0) is 31.0 Å². The van der Waals surface area contributed by atoms with Gasteiger partial charge in [-0.25, -0.2) is 0 Å². The lowest BCUT2D eigenvalue weighted by Crippen LogP contribution is -2.53. The van der Waals surface area contributed by atoms with Gasteiger partial charge in [-0.15, -0.1) is 24.0 Å². The second kappa shape index (κ2) is 12.4. The van der Waals surface area contributed by atoms with Crippen LogP contribution in [0, 0.1) is 5.92 Å². The number of halogens is 1. The van der Waals surface area contributed by atoms with E-state index in [0.717, 1.165) is 51.1 Å². The van der Waals surface area contributed by atoms with Gasteiger partial charge in [-0.2, -0.15) is 0 Å². The summed E-state index contributed by atoms with van der Waals surface area (Å²) >= 11 is 0. The van der Waals surface area contributed by atoms with E-state index in [9.17, 15) is 0 Å². The topological polar surface area (TPSA) is 34.1 Å². The molecule has 28 heavy (non-hydrogen) atoms. The van der Waals surface area contributed by atoms with E-state index in [-0.39, 0.29) is 24.0 Å². The molecule has 3 rings (SSSR count). The predicted molar refractivity (Wildman–Crippen MR) is 130 cm³/mol. The first kappa shape index (κ1) is 23.2. The van der Waals surface area contributed by atoms with Gasteiger partial charge in [0.1, 0.15) is 0 Å². The summed E-state index contributed by atoms with van der Waals surface area (Å²) in [5.41, 5.74) is 1.27. The van der Waals surface area contributed by atoms with Gasteiger partial charge in [0.15, 0.2) is 5.96 Å². The van der Waals surface area contributed by atoms with Gasteiger partial charge >= 0.3 is 0 Å². The number of benzene rings is 1. The second-order valence-corrected chi connectivity index (χ2v) is 7.58. The molecule has 2 aliphatic heterocycles. The lowest BCUT2D eigenvalue weighted by atomic mass is 10.1. The Balaban J connectivity index is 0.00000280. The van der Waals surface area contributed by atoms with Crippen LogP contribution in [0.5, 0.6) is 0 Å². The highest BCUT2D eigenvalue weighted by Crippen LogP contribution is 2.14. The molecule has 156 valence electrons. The zero-order valence-electron chi connectivity index (χ0n) is 17.4. The SMILES string of the molecule is CCN1CCC(CNC(=NC)N2CCN(C/C=C/c3ccccc3)CC2)C1.I. The van der Waals surface area contributed by atoms with Gasteiger partial charge < -0.3 is 15.1 Å². The maximum Gasteiger partial charge on any atom is 0.193 e. The van der Waals surface area contributed by atoms with Crippen LogP contribution in [0.25, 0.3) is 6.08 Å². The molecule has 5 nitrogen and oxygen atoms in total. The number of likely N-dealkylation sites (tertiary alicyclic amines) is 1. The Kier molecular flexibility index (Phi) is 10.3. The first-order chi connectivity index (χ1) is 13.3. The smallest absolute Gasteiger partial charge is 0.193 e. The monoisotopic (exact) mass is 497 g/mol. The van der Waals surface area contributed by atoms with Crippen LogP contribution in [-0.2, 0) is 0 Å². The molecular weight excluding hydrogens is 461 g/mol. The molecule has 1 aromatic carbocycles. The molecule has 0 amide bonds. The zero-order chi connectivity index (χ0) is 18.9. The summed E-state index contributed by atoms with van der Waals surface area (Å²) in [4.78, 5) is 12.0. The standard InChI is InChI=1S/C22H35N5.HI/c1-3-25-13-11-21(19-25)18-24-22(23-2)27-16-14-26(15-17-27)12-7-10-20-8-5-4-6-9-20;/h4-10,21H,3,11-19H2,1-2H3,(H,23,24);1H/b10-7+;. The maximum absolute atomic E-state index is 4.52. The Bertz CT molecular complexity index is 611. The molecule has 6 heteroatoms. The highest BCUT2D eigenvalue weighted by atomic mass is 127. The molecule has 2 aliphatic rings. The predicted octanol–water partition coefficient (Wildman–Crippen LogP) is 2.85. The number of rotatable bonds is 6. The lowest BCUT2D eigenvalue weighted by molar-refractivity contribution is 0.194. The summed E-state index contributed by atoms with van der Waals surface area (Å²) in [5, 5.41) is 3.62. The fourth-order valence-electron chi connectivity index (χ4n) is 3.98. The number of nitrogens with one attached hydrogen (secondary N) is 1. The molecule has 1 unspecified atom stereocenters. The molecule has 1 N–H and O–H groups in total. The Morgan fingerprint density at radius 2 is 1.86 bits per heavy atom. The third kappa shape index (κ3) is 7.04. The van der Waals surface area contributed by atoms with E-state index in [0.29, 0.717) is 0 Å². The van der Waals surface area contributed by atoms with Crippen LogP contribution >= 0.6 is 24.0 Å². The molecule has 0 radical (unpaired) electrons. The maximum atomic E-state index is 4.52. The average molecular weight is 497 g/mol. The van der Waals surface area contributed by atoms with Gasteiger partial charge in [0, 0.05) is 52.9 Å². The average Bonchev–Trinajstić information content (AvgIpc) is 3.18. The third-order valence-corrected chi connectivity index (χ3v) is 5.72. The van der Waals surface area contributed by atoms with Crippen molar-refractivity contribution in [3.63, 3.8) is 0 Å². The third-order valence-electron chi connectivity index (χ3n) is 5.72. The van der Waals surface area contributed by atoms with Crippen molar-refractivity contribution in [3.8, 4) is 0 Å². The quantitative estimate of drug-likeness (QED) is 0.373. The number of piperazine rings is 1. The Hall–Kier alpha value is -1.12. The van der Waals surface area contributed by atoms with Crippen LogP contribution in [0.2, 0.25) is 0 Å². The van der Waals surface area contributed by atoms with Crippen LogP contribution in [0.1, 0.15) is 18.9 Å². The van der Waals surface area contributed by atoms with Crippen molar-refractivity contribution in [2.75, 3.05) is 66.0 Å². The van der Waals surface area contributed by atoms with E-state index < -0.39 is 0 Å². The molecular formula is C22H36IN5. The van der Waals surface area contributed by atoms with Gasteiger partial charge in [0.2, 0.25) is 0 Å². The summed E-state index contributed by atoms with van der Waals surface area (Å²) in [7, 11) is 1.91. The van der Waals surface area contributed by atoms with Gasteiger partial charge in [0.05, 0.1) is 0 Å². The molecule has 0 aliphatic carbocycles. The van der Waals surface area contributed by atoms with E-state index in [1.165, 1.54) is 31.6 Å². The fourth-order valence-corrected chi connectivity index (χ4v) is 3.98. The minimum atomic E-state index is 0. The van der Waals surface area contributed by atoms with E-state index >= 15 is 0 Å². The van der Waals surface area contributed by atoms with Crippen molar-refractivity contribution in [2.45, 2.75) is 13.3 Å². The van der Waals surface area contributed by atoms with Crippen molar-refractivity contribution in [3.05, 3.63) is 42.0 Å². The summed E-state index contributed by atoms with van der Waals surface area (Å²) in [6.07, 6.45) is 5.80. The van der Waals surface area contributed by atoms with Crippen molar-refractivity contribution < 1.29 is 0 Å². The zero-order valence-corrected chi connectivity index (χ0v) is 19.7. The molecule has 0 saturated carbocycles. The number of guanidine groups is 1. The Labute approximate surface area is 187 Å². The first-order valence-electron chi connectivity index (χ1n) is 10.4. The minimum Gasteiger partial charge on any atom is -0.356 e. The normalized spacial score (nSPS) is 21.9. The number of nitrogens with zero attached hydrogens (tertiary/aromatic N) is 4. The van der Waals surface area contributed by atoms with E-state index in [2.05, 4.69) is 74.4 Å². The summed E-state index contributed by atoms with van der Waals surface area (Å²) in [6.45, 7) is 12.2. The molecule has 2 heterocycles. The largest absolute Gasteiger partial charge is 0.356 e. The van der Waals surface area contributed by atoms with Crippen molar-refractivity contribution in [2.24, 2.45) is 10.9 Å². The molecule has 1 atom stereocenters. The number of hydrogen-bond donors (Lipinski definition) is 1. The lowest BCUT2D eigenvalue weighted by Gasteiger charge is -2.36. The van der Waals surface area contributed by atoms with E-state index in [1.807, 2.05) is 7.05 Å². The van der Waals surface area contributed by atoms with Crippen molar-refractivity contribution in [1.82, 2.24) is 20.0 Å². The molecule has 2 fully saturated rings. The highest BCUT2D eigenvalue weighted by molar-refractivity contribution is 14.0. The van der Waals surface area contributed by atoms with Gasteiger partial charge in [-0.3, -0.25) is 9.89 Å². The summed E-state index contributed by atoms with van der Waals surface area (Å²) < 4.78 is 0. The second-order valence-electron chi connectivity index (χ2n) is 7.58. The first-order valence-corrected chi connectivity index (χ1v) is 10.4. The molecule has 2 saturated heterocycles. The van der Waals surface area contributed by atoms with Crippen LogP contribution in [0.15, 0.2) is 41.4 Å². The van der Waals surface area contributed by atoms with E-state index in [1.54, 1.807) is 0 Å². The van der Waals surface area contributed by atoms with Crippen LogP contribution in [0.3, 0.4) is 0 Å². The van der Waals surface area contributed by atoms with Crippen LogP contribution in [0.4, 0.5) is 0 Å². The summed E-state index contributed by atoms with van der Waals surface area (Å²) in [5.74, 6) is 1.83. The Morgan fingerprint density at radius 3 is 2.50 bits per heavy atom. The summed E-state index contributed by atoms with van der Waals surface area (Å²) in [6, 6.07) is 10.5. The molecule has 0 spiro atoms. The van der Waals surface area contributed by atoms with Crippen molar-refractivity contribution >= 4 is 36.0 Å². The highest BCUT2D eigenvalue weighted by Gasteiger charge is 2.23. The van der Waals surface area contributed by atoms with Gasteiger partial charge in [0.25, 0.3) is 0 Å². The molecule has 0 aromatic heterocycles. The minimum absolute atomic E-state index is 0. The fraction of sp³-hybridized carbons (Fsp3) is 0.591. The Morgan fingerprint density at radius 1 is 1.11 bits per heavy atom. The van der Waals surface area contributed by atoms with E-state index in [4.69, 9.17) is 0 Å². The van der Waals surface area contributed by atoms with Crippen LogP contribution in [-0.4, -0.2) is 86.6 Å². The number of hydrogen-bond acceptors (Lipinski definition) is 3. The van der Waals surface area contributed by atoms with Crippen LogP contribution < -0.4 is 5.32 Å². The van der Waals surface area contributed by atoms with Crippen molar-refractivity contribution in [1.29, 1.82) is 0 Å².